The van der Waals surface area contributed by atoms with Crippen molar-refractivity contribution in [2.45, 2.75) is 19.9 Å². The minimum Gasteiger partial charge on any atom is -0.380 e. The van der Waals surface area contributed by atoms with Crippen LogP contribution in [0.2, 0.25) is 0 Å². The monoisotopic (exact) mass is 248 g/mol. The molecule has 1 aliphatic rings. The van der Waals surface area contributed by atoms with Crippen molar-refractivity contribution < 1.29 is 9.53 Å². The topological polar surface area (TPSA) is 41.6 Å². The zero-order valence-electron chi connectivity index (χ0n) is 10.8. The molecule has 0 unspecified atom stereocenters. The number of carbonyl (C=O) groups excluding carboxylic acids is 1. The summed E-state index contributed by atoms with van der Waals surface area (Å²) in [5.74, 6) is 0.111. The quantitative estimate of drug-likeness (QED) is 0.804. The van der Waals surface area contributed by atoms with Crippen LogP contribution in [0.25, 0.3) is 0 Å². The van der Waals surface area contributed by atoms with Gasteiger partial charge in [0.1, 0.15) is 0 Å². The molecule has 1 aliphatic heterocycles. The molecule has 0 aliphatic carbocycles. The summed E-state index contributed by atoms with van der Waals surface area (Å²) in [4.78, 5) is 13.9. The SMILES string of the molecule is CCCOCCN1C(=O)CNCc2ccccc21. The summed E-state index contributed by atoms with van der Waals surface area (Å²) >= 11 is 0. The lowest BCUT2D eigenvalue weighted by Crippen LogP contribution is -2.37. The van der Waals surface area contributed by atoms with Gasteiger partial charge in [0.25, 0.3) is 0 Å². The molecule has 98 valence electrons. The van der Waals surface area contributed by atoms with E-state index in [1.165, 1.54) is 5.56 Å². The Labute approximate surface area is 108 Å². The van der Waals surface area contributed by atoms with Crippen molar-refractivity contribution in [3.05, 3.63) is 29.8 Å². The molecule has 4 heteroatoms. The maximum atomic E-state index is 12.0. The maximum absolute atomic E-state index is 12.0. The molecule has 1 aromatic rings. The molecule has 1 heterocycles. The van der Waals surface area contributed by atoms with Crippen LogP contribution in [0.5, 0.6) is 0 Å². The smallest absolute Gasteiger partial charge is 0.241 e. The van der Waals surface area contributed by atoms with Gasteiger partial charge in [-0.05, 0) is 18.1 Å². The average Bonchev–Trinajstić information content (AvgIpc) is 2.54. The molecule has 0 radical (unpaired) electrons. The number of carbonyl (C=O) groups is 1. The molecule has 0 bridgehead atoms. The van der Waals surface area contributed by atoms with Crippen LogP contribution in [0.1, 0.15) is 18.9 Å². The van der Waals surface area contributed by atoms with E-state index in [0.717, 1.165) is 25.3 Å². The number of amides is 1. The fourth-order valence-electron chi connectivity index (χ4n) is 2.10. The first kappa shape index (κ1) is 13.1. The van der Waals surface area contributed by atoms with Gasteiger partial charge in [-0.2, -0.15) is 0 Å². The van der Waals surface area contributed by atoms with Crippen molar-refractivity contribution in [2.24, 2.45) is 0 Å². The van der Waals surface area contributed by atoms with E-state index in [1.54, 1.807) is 0 Å². The van der Waals surface area contributed by atoms with E-state index in [4.69, 9.17) is 4.74 Å². The van der Waals surface area contributed by atoms with E-state index in [9.17, 15) is 4.79 Å². The average molecular weight is 248 g/mol. The van der Waals surface area contributed by atoms with Crippen molar-refractivity contribution in [1.82, 2.24) is 5.32 Å². The van der Waals surface area contributed by atoms with Gasteiger partial charge in [-0.15, -0.1) is 0 Å². The first-order valence-electron chi connectivity index (χ1n) is 6.49. The Kier molecular flexibility index (Phi) is 4.73. The zero-order chi connectivity index (χ0) is 12.8. The summed E-state index contributed by atoms with van der Waals surface area (Å²) < 4.78 is 5.48. The molecule has 0 saturated heterocycles. The van der Waals surface area contributed by atoms with Gasteiger partial charge in [-0.3, -0.25) is 4.79 Å². The Balaban J connectivity index is 2.08. The van der Waals surface area contributed by atoms with E-state index >= 15 is 0 Å². The number of para-hydroxylation sites is 1. The van der Waals surface area contributed by atoms with E-state index in [-0.39, 0.29) is 5.91 Å². The van der Waals surface area contributed by atoms with Crippen LogP contribution in [0.3, 0.4) is 0 Å². The van der Waals surface area contributed by atoms with E-state index < -0.39 is 0 Å². The highest BCUT2D eigenvalue weighted by Crippen LogP contribution is 2.22. The zero-order valence-corrected chi connectivity index (χ0v) is 10.8. The molecule has 0 saturated carbocycles. The first-order valence-corrected chi connectivity index (χ1v) is 6.49. The summed E-state index contributed by atoms with van der Waals surface area (Å²) in [6.45, 7) is 5.18. The van der Waals surface area contributed by atoms with Crippen LogP contribution in [0.4, 0.5) is 5.69 Å². The van der Waals surface area contributed by atoms with Crippen molar-refractivity contribution >= 4 is 11.6 Å². The molecule has 0 atom stereocenters. The summed E-state index contributed by atoms with van der Waals surface area (Å²) in [6, 6.07) is 8.03. The van der Waals surface area contributed by atoms with Gasteiger partial charge in [-0.25, -0.2) is 0 Å². The Morgan fingerprint density at radius 1 is 1.28 bits per heavy atom. The highest BCUT2D eigenvalue weighted by molar-refractivity contribution is 5.96. The number of nitrogens with one attached hydrogen (secondary N) is 1. The normalized spacial score (nSPS) is 15.4. The Hall–Kier alpha value is -1.39. The van der Waals surface area contributed by atoms with E-state index in [1.807, 2.05) is 23.1 Å². The van der Waals surface area contributed by atoms with Crippen LogP contribution >= 0.6 is 0 Å². The number of fused-ring (bicyclic) bond motifs is 1. The number of ether oxygens (including phenoxy) is 1. The molecule has 0 fully saturated rings. The highest BCUT2D eigenvalue weighted by atomic mass is 16.5. The number of rotatable bonds is 5. The third kappa shape index (κ3) is 3.09. The van der Waals surface area contributed by atoms with Gasteiger partial charge in [0, 0.05) is 25.4 Å². The van der Waals surface area contributed by atoms with Crippen molar-refractivity contribution in [3.63, 3.8) is 0 Å². The van der Waals surface area contributed by atoms with Gasteiger partial charge >= 0.3 is 0 Å². The fraction of sp³-hybridized carbons (Fsp3) is 0.500. The van der Waals surface area contributed by atoms with Gasteiger partial charge in [0.05, 0.1) is 13.2 Å². The fourth-order valence-corrected chi connectivity index (χ4v) is 2.10. The van der Waals surface area contributed by atoms with Crippen LogP contribution in [0, 0.1) is 0 Å². The molecular weight excluding hydrogens is 228 g/mol. The molecule has 1 N–H and O–H groups in total. The highest BCUT2D eigenvalue weighted by Gasteiger charge is 2.20. The molecule has 4 nitrogen and oxygen atoms in total. The number of benzene rings is 1. The Morgan fingerprint density at radius 2 is 2.11 bits per heavy atom. The minimum absolute atomic E-state index is 0.111. The lowest BCUT2D eigenvalue weighted by Gasteiger charge is -2.22. The molecular formula is C14H20N2O2. The summed E-state index contributed by atoms with van der Waals surface area (Å²) in [5, 5.41) is 3.15. The summed E-state index contributed by atoms with van der Waals surface area (Å²) in [5.41, 5.74) is 2.17. The third-order valence-corrected chi connectivity index (χ3v) is 2.98. The molecule has 1 amide bonds. The van der Waals surface area contributed by atoms with Crippen molar-refractivity contribution in [2.75, 3.05) is 31.2 Å². The predicted molar refractivity (Wildman–Crippen MR) is 71.6 cm³/mol. The van der Waals surface area contributed by atoms with Crippen molar-refractivity contribution in [1.29, 1.82) is 0 Å². The van der Waals surface area contributed by atoms with Gasteiger partial charge in [0.15, 0.2) is 0 Å². The second kappa shape index (κ2) is 6.52. The van der Waals surface area contributed by atoms with Gasteiger partial charge in [-0.1, -0.05) is 25.1 Å². The van der Waals surface area contributed by atoms with Crippen LogP contribution in [-0.4, -0.2) is 32.2 Å². The van der Waals surface area contributed by atoms with E-state index in [2.05, 4.69) is 18.3 Å². The second-order valence-electron chi connectivity index (χ2n) is 4.39. The molecule has 1 aromatic carbocycles. The largest absolute Gasteiger partial charge is 0.380 e. The lowest BCUT2D eigenvalue weighted by atomic mass is 10.1. The first-order chi connectivity index (χ1) is 8.83. The van der Waals surface area contributed by atoms with Crippen LogP contribution < -0.4 is 10.2 Å². The number of nitrogens with zero attached hydrogens (tertiary/aromatic N) is 1. The standard InChI is InChI=1S/C14H20N2O2/c1-2-8-18-9-7-16-13-6-4-3-5-12(13)10-15-11-14(16)17/h3-6,15H,2,7-11H2,1H3. The maximum Gasteiger partial charge on any atom is 0.241 e. The molecule has 18 heavy (non-hydrogen) atoms. The molecule has 0 spiro atoms. The third-order valence-electron chi connectivity index (χ3n) is 2.98. The Morgan fingerprint density at radius 3 is 2.94 bits per heavy atom. The summed E-state index contributed by atoms with van der Waals surface area (Å²) in [7, 11) is 0. The van der Waals surface area contributed by atoms with Crippen LogP contribution in [0.15, 0.2) is 24.3 Å². The second-order valence-corrected chi connectivity index (χ2v) is 4.39. The summed E-state index contributed by atoms with van der Waals surface area (Å²) in [6.07, 6.45) is 1.01. The molecule has 0 aromatic heterocycles. The van der Waals surface area contributed by atoms with Crippen molar-refractivity contribution in [3.8, 4) is 0 Å². The minimum atomic E-state index is 0.111. The van der Waals surface area contributed by atoms with E-state index in [0.29, 0.717) is 19.7 Å². The number of hydrogen-bond donors (Lipinski definition) is 1. The Bertz CT molecular complexity index is 407. The molecule has 2 rings (SSSR count). The predicted octanol–water partition coefficient (Wildman–Crippen LogP) is 1.55. The van der Waals surface area contributed by atoms with Crippen LogP contribution in [-0.2, 0) is 16.1 Å². The number of anilines is 1. The number of hydrogen-bond acceptors (Lipinski definition) is 3. The lowest BCUT2D eigenvalue weighted by molar-refractivity contribution is -0.117. The van der Waals surface area contributed by atoms with Gasteiger partial charge < -0.3 is 15.0 Å². The van der Waals surface area contributed by atoms with Gasteiger partial charge in [0.2, 0.25) is 5.91 Å².